The molecule has 1 aliphatic carbocycles. The summed E-state index contributed by atoms with van der Waals surface area (Å²) in [5.74, 6) is 0.471. The number of pyridine rings is 1. The van der Waals surface area contributed by atoms with Crippen LogP contribution in [0.5, 0.6) is 0 Å². The Balaban J connectivity index is 1.72. The van der Waals surface area contributed by atoms with E-state index in [4.69, 9.17) is 0 Å². The van der Waals surface area contributed by atoms with Gasteiger partial charge in [0.15, 0.2) is 0 Å². The fourth-order valence-corrected chi connectivity index (χ4v) is 4.66. The molecule has 1 aliphatic heterocycles. The van der Waals surface area contributed by atoms with Crippen molar-refractivity contribution in [1.29, 1.82) is 0 Å². The van der Waals surface area contributed by atoms with Gasteiger partial charge in [-0.15, -0.1) is 0 Å². The molecule has 1 amide bonds. The molecule has 158 valence electrons. The Hall–Kier alpha value is -2.62. The van der Waals surface area contributed by atoms with Crippen LogP contribution >= 0.6 is 0 Å². The molecule has 2 aromatic rings. The lowest BCUT2D eigenvalue weighted by Gasteiger charge is -2.20. The summed E-state index contributed by atoms with van der Waals surface area (Å²) in [7, 11) is 0. The van der Waals surface area contributed by atoms with Gasteiger partial charge in [-0.1, -0.05) is 70.0 Å². The second-order valence-corrected chi connectivity index (χ2v) is 9.76. The molecule has 0 spiro atoms. The Morgan fingerprint density at radius 3 is 2.23 bits per heavy atom. The highest BCUT2D eigenvalue weighted by Crippen LogP contribution is 2.33. The van der Waals surface area contributed by atoms with E-state index in [0.717, 1.165) is 41.7 Å². The van der Waals surface area contributed by atoms with E-state index in [1.807, 2.05) is 12.1 Å². The van der Waals surface area contributed by atoms with Crippen molar-refractivity contribution in [2.75, 3.05) is 0 Å². The molecule has 2 heterocycles. The molecule has 2 aliphatic rings. The van der Waals surface area contributed by atoms with E-state index < -0.39 is 0 Å². The zero-order chi connectivity index (χ0) is 21.3. The van der Waals surface area contributed by atoms with Crippen molar-refractivity contribution in [2.45, 2.75) is 76.7 Å². The van der Waals surface area contributed by atoms with Crippen LogP contribution in [0.4, 0.5) is 0 Å². The Bertz CT molecular complexity index is 1000. The smallest absolute Gasteiger partial charge is 0.251 e. The summed E-state index contributed by atoms with van der Waals surface area (Å²) in [4.78, 5) is 27.7. The van der Waals surface area contributed by atoms with Gasteiger partial charge < -0.3 is 10.3 Å². The highest BCUT2D eigenvalue weighted by atomic mass is 16.2. The predicted octanol–water partition coefficient (Wildman–Crippen LogP) is 5.04. The van der Waals surface area contributed by atoms with Crippen molar-refractivity contribution >= 4 is 11.5 Å². The van der Waals surface area contributed by atoms with Gasteiger partial charge in [0.25, 0.3) is 5.56 Å². The summed E-state index contributed by atoms with van der Waals surface area (Å²) in [5.41, 5.74) is 5.11. The fourth-order valence-electron chi connectivity index (χ4n) is 4.66. The van der Waals surface area contributed by atoms with Gasteiger partial charge in [0.2, 0.25) is 5.91 Å². The molecule has 30 heavy (non-hydrogen) atoms. The van der Waals surface area contributed by atoms with E-state index in [1.165, 1.54) is 18.4 Å². The molecule has 2 fully saturated rings. The number of carbonyl (C=O) groups excluding carboxylic acids is 1. The molecule has 1 aromatic carbocycles. The van der Waals surface area contributed by atoms with Crippen molar-refractivity contribution in [3.05, 3.63) is 75.2 Å². The lowest BCUT2D eigenvalue weighted by molar-refractivity contribution is -0.119. The first kappa shape index (κ1) is 20.6. The molecule has 0 radical (unpaired) electrons. The quantitative estimate of drug-likeness (QED) is 0.750. The molecule has 4 rings (SSSR count). The van der Waals surface area contributed by atoms with Gasteiger partial charge in [-0.25, -0.2) is 0 Å². The van der Waals surface area contributed by atoms with Gasteiger partial charge in [0, 0.05) is 29.3 Å². The third kappa shape index (κ3) is 4.43. The first-order valence-corrected chi connectivity index (χ1v) is 11.2. The van der Waals surface area contributed by atoms with Crippen molar-refractivity contribution in [2.24, 2.45) is 0 Å². The van der Waals surface area contributed by atoms with Crippen molar-refractivity contribution in [1.82, 2.24) is 10.3 Å². The van der Waals surface area contributed by atoms with Crippen molar-refractivity contribution in [3.8, 4) is 0 Å². The molecule has 1 saturated heterocycles. The molecule has 2 N–H and O–H groups in total. The summed E-state index contributed by atoms with van der Waals surface area (Å²) in [5, 5.41) is 3.02. The van der Waals surface area contributed by atoms with E-state index in [2.05, 4.69) is 61.4 Å². The monoisotopic (exact) mass is 404 g/mol. The highest BCUT2D eigenvalue weighted by Gasteiger charge is 2.23. The van der Waals surface area contributed by atoms with Crippen LogP contribution in [0.1, 0.15) is 87.6 Å². The minimum Gasteiger partial charge on any atom is -0.350 e. The molecule has 1 aromatic heterocycles. The summed E-state index contributed by atoms with van der Waals surface area (Å²) in [6.07, 6.45) is 8.05. The van der Waals surface area contributed by atoms with Gasteiger partial charge >= 0.3 is 0 Å². The number of aromatic nitrogens is 1. The fraction of sp³-hybridized carbons (Fsp3) is 0.462. The van der Waals surface area contributed by atoms with Gasteiger partial charge in [-0.05, 0) is 47.8 Å². The minimum absolute atomic E-state index is 0.00666. The van der Waals surface area contributed by atoms with Gasteiger partial charge in [-0.3, -0.25) is 9.59 Å². The third-order valence-corrected chi connectivity index (χ3v) is 6.48. The second kappa shape index (κ2) is 8.25. The van der Waals surface area contributed by atoms with Crippen LogP contribution in [0, 0.1) is 0 Å². The SMILES string of the molecule is CC(C)(C)c1ccc(/C(=C/[C@H]2CCC(=O)N2)c2ccc(C3CCCC3)c(=O)[nH]2)cc1. The maximum Gasteiger partial charge on any atom is 0.251 e. The van der Waals surface area contributed by atoms with Crippen LogP contribution in [-0.4, -0.2) is 16.9 Å². The molecular formula is C26H32N2O2. The summed E-state index contributed by atoms with van der Waals surface area (Å²) in [6, 6.07) is 12.6. The van der Waals surface area contributed by atoms with E-state index in [1.54, 1.807) is 0 Å². The van der Waals surface area contributed by atoms with Gasteiger partial charge in [0.05, 0.1) is 0 Å². The van der Waals surface area contributed by atoms with Gasteiger partial charge in [0.1, 0.15) is 0 Å². The number of nitrogens with one attached hydrogen (secondary N) is 2. The summed E-state index contributed by atoms with van der Waals surface area (Å²) in [6.45, 7) is 6.60. The zero-order valence-electron chi connectivity index (χ0n) is 18.3. The van der Waals surface area contributed by atoms with Crippen LogP contribution < -0.4 is 10.9 Å². The average molecular weight is 405 g/mol. The lowest BCUT2D eigenvalue weighted by Crippen LogP contribution is -2.24. The summed E-state index contributed by atoms with van der Waals surface area (Å²) >= 11 is 0. The number of hydrogen-bond acceptors (Lipinski definition) is 2. The maximum atomic E-state index is 12.9. The molecule has 4 nitrogen and oxygen atoms in total. The molecule has 4 heteroatoms. The number of carbonyl (C=O) groups is 1. The van der Waals surface area contributed by atoms with E-state index >= 15 is 0 Å². The molecule has 1 atom stereocenters. The molecule has 0 bridgehead atoms. The minimum atomic E-state index is -0.00666. The molecular weight excluding hydrogens is 372 g/mol. The maximum absolute atomic E-state index is 12.9. The van der Waals surface area contributed by atoms with Crippen LogP contribution in [0.2, 0.25) is 0 Å². The summed E-state index contributed by atoms with van der Waals surface area (Å²) < 4.78 is 0. The number of aromatic amines is 1. The number of hydrogen-bond donors (Lipinski definition) is 2. The zero-order valence-corrected chi connectivity index (χ0v) is 18.3. The standard InChI is InChI=1S/C26H32N2O2/c1-26(2,3)19-10-8-18(9-11-19)22(16-20-12-15-24(29)27-20)23-14-13-21(25(30)28-23)17-6-4-5-7-17/h8-11,13-14,16-17,20H,4-7,12,15H2,1-3H3,(H,27,29)(H,28,30)/b22-16-/t20-/m1/s1. The highest BCUT2D eigenvalue weighted by molar-refractivity contribution is 5.82. The predicted molar refractivity (Wildman–Crippen MR) is 122 cm³/mol. The van der Waals surface area contributed by atoms with Crippen LogP contribution in [-0.2, 0) is 10.2 Å². The van der Waals surface area contributed by atoms with Crippen LogP contribution in [0.25, 0.3) is 5.57 Å². The number of H-pyrrole nitrogens is 1. The number of amides is 1. The first-order valence-electron chi connectivity index (χ1n) is 11.2. The first-order chi connectivity index (χ1) is 14.3. The molecule has 1 saturated carbocycles. The van der Waals surface area contributed by atoms with Crippen molar-refractivity contribution < 1.29 is 4.79 Å². The Morgan fingerprint density at radius 1 is 0.967 bits per heavy atom. The normalized spacial score (nSPS) is 20.6. The topological polar surface area (TPSA) is 62.0 Å². The lowest BCUT2D eigenvalue weighted by atomic mass is 9.86. The molecule has 0 unspecified atom stereocenters. The van der Waals surface area contributed by atoms with Crippen LogP contribution in [0.3, 0.4) is 0 Å². The Kier molecular flexibility index (Phi) is 5.68. The third-order valence-electron chi connectivity index (χ3n) is 6.48. The largest absolute Gasteiger partial charge is 0.350 e. The van der Waals surface area contributed by atoms with Gasteiger partial charge in [-0.2, -0.15) is 0 Å². The second-order valence-electron chi connectivity index (χ2n) is 9.76. The Morgan fingerprint density at radius 2 is 1.67 bits per heavy atom. The Labute approximate surface area is 178 Å². The number of benzene rings is 1. The van der Waals surface area contributed by atoms with Crippen molar-refractivity contribution in [3.63, 3.8) is 0 Å². The number of rotatable bonds is 4. The van der Waals surface area contributed by atoms with E-state index in [0.29, 0.717) is 12.3 Å². The average Bonchev–Trinajstić information content (AvgIpc) is 3.37. The van der Waals surface area contributed by atoms with Crippen LogP contribution in [0.15, 0.2) is 47.3 Å². The van der Waals surface area contributed by atoms with E-state index in [-0.39, 0.29) is 22.9 Å². The van der Waals surface area contributed by atoms with E-state index in [9.17, 15) is 9.59 Å².